The van der Waals surface area contributed by atoms with Gasteiger partial charge in [0, 0.05) is 24.4 Å². The second-order valence-corrected chi connectivity index (χ2v) is 3.19. The Morgan fingerprint density at radius 1 is 1.38 bits per heavy atom. The zero-order chi connectivity index (χ0) is 12.0. The van der Waals surface area contributed by atoms with E-state index in [1.807, 2.05) is 0 Å². The summed E-state index contributed by atoms with van der Waals surface area (Å²) in [6.45, 7) is 1.50. The van der Waals surface area contributed by atoms with Crippen LogP contribution in [0.25, 0.3) is 0 Å². The van der Waals surface area contributed by atoms with E-state index in [0.29, 0.717) is 18.0 Å². The molecule has 1 heterocycles. The molecule has 0 radical (unpaired) electrons. The molecule has 0 unspecified atom stereocenters. The van der Waals surface area contributed by atoms with Crippen molar-refractivity contribution in [3.63, 3.8) is 0 Å². The monoisotopic (exact) mass is 222 g/mol. The van der Waals surface area contributed by atoms with Gasteiger partial charge in [-0.25, -0.2) is 9.97 Å². The van der Waals surface area contributed by atoms with Crippen LogP contribution in [0.15, 0.2) is 24.2 Å². The summed E-state index contributed by atoms with van der Waals surface area (Å²) in [6, 6.07) is 0.309. The van der Waals surface area contributed by atoms with Crippen molar-refractivity contribution >= 4 is 5.78 Å². The number of hydrogen-bond donors (Lipinski definition) is 0. The Morgan fingerprint density at radius 3 is 2.44 bits per heavy atom. The molecule has 1 rings (SSSR count). The molecule has 16 heavy (non-hydrogen) atoms. The lowest BCUT2D eigenvalue weighted by atomic mass is 10.1. The molecule has 86 valence electrons. The number of carbonyl (C=O) groups excluding carboxylic acids is 1. The molecule has 0 N–H and O–H groups in total. The van der Waals surface area contributed by atoms with E-state index in [0.717, 1.165) is 5.56 Å². The van der Waals surface area contributed by atoms with Gasteiger partial charge >= 0.3 is 6.01 Å². The second-order valence-electron chi connectivity index (χ2n) is 3.19. The molecule has 0 aliphatic rings. The van der Waals surface area contributed by atoms with E-state index in [2.05, 4.69) is 9.97 Å². The van der Waals surface area contributed by atoms with E-state index in [1.165, 1.54) is 27.4 Å². The van der Waals surface area contributed by atoms with Crippen LogP contribution in [-0.4, -0.2) is 30.0 Å². The summed E-state index contributed by atoms with van der Waals surface area (Å²) in [4.78, 5) is 19.2. The Kier molecular flexibility index (Phi) is 4.44. The molecule has 1 aromatic rings. The Hall–Kier alpha value is -1.91. The largest absolute Gasteiger partial charge is 0.504 e. The Balaban J connectivity index is 2.78. The van der Waals surface area contributed by atoms with Crippen molar-refractivity contribution < 1.29 is 14.3 Å². The third-order valence-electron chi connectivity index (χ3n) is 1.97. The van der Waals surface area contributed by atoms with Crippen LogP contribution >= 0.6 is 0 Å². The van der Waals surface area contributed by atoms with E-state index in [4.69, 9.17) is 9.47 Å². The molecule has 0 saturated carbocycles. The number of Topliss-reactive ketones (excluding diaryl/α,β-unsaturated/α-hetero) is 1. The van der Waals surface area contributed by atoms with Gasteiger partial charge in [-0.2, -0.15) is 0 Å². The van der Waals surface area contributed by atoms with Crippen molar-refractivity contribution in [1.29, 1.82) is 0 Å². The molecule has 5 nitrogen and oxygen atoms in total. The van der Waals surface area contributed by atoms with Crippen molar-refractivity contribution in [3.8, 4) is 6.01 Å². The van der Waals surface area contributed by atoms with E-state index in [1.54, 1.807) is 12.4 Å². The summed E-state index contributed by atoms with van der Waals surface area (Å²) in [5.74, 6) is -0.0299. The predicted octanol–water partition coefficient (Wildman–Crippen LogP) is 1.15. The maximum atomic E-state index is 11.2. The van der Waals surface area contributed by atoms with E-state index in [-0.39, 0.29) is 5.78 Å². The minimum absolute atomic E-state index is 0.0299. The minimum atomic E-state index is -0.0299. The van der Waals surface area contributed by atoms with Gasteiger partial charge in [-0.3, -0.25) is 4.79 Å². The maximum absolute atomic E-state index is 11.2. The normalized spacial score (nSPS) is 11.1. The number of methoxy groups -OCH3 is 2. The highest BCUT2D eigenvalue weighted by atomic mass is 16.5. The first-order valence-corrected chi connectivity index (χ1v) is 4.75. The van der Waals surface area contributed by atoms with E-state index < -0.39 is 0 Å². The standard InChI is InChI=1S/C11H14N2O3/c1-8(14)10(7-15-2)4-9-5-12-11(16-3)13-6-9/h5-7H,4H2,1-3H3/b10-7-. The van der Waals surface area contributed by atoms with Gasteiger partial charge in [-0.05, 0) is 12.5 Å². The van der Waals surface area contributed by atoms with E-state index in [9.17, 15) is 4.79 Å². The van der Waals surface area contributed by atoms with Crippen LogP contribution in [0.4, 0.5) is 0 Å². The predicted molar refractivity (Wildman–Crippen MR) is 58.1 cm³/mol. The molecule has 0 fully saturated rings. The van der Waals surface area contributed by atoms with Gasteiger partial charge in [0.05, 0.1) is 20.5 Å². The van der Waals surface area contributed by atoms with Crippen molar-refractivity contribution in [1.82, 2.24) is 9.97 Å². The van der Waals surface area contributed by atoms with Crippen LogP contribution in [0.2, 0.25) is 0 Å². The number of hydrogen-bond acceptors (Lipinski definition) is 5. The number of rotatable bonds is 5. The van der Waals surface area contributed by atoms with Crippen molar-refractivity contribution in [3.05, 3.63) is 29.8 Å². The smallest absolute Gasteiger partial charge is 0.316 e. The van der Waals surface area contributed by atoms with Crippen LogP contribution in [0.3, 0.4) is 0 Å². The molecule has 0 aliphatic heterocycles. The average molecular weight is 222 g/mol. The summed E-state index contributed by atoms with van der Waals surface area (Å²) < 4.78 is 9.67. The number of aromatic nitrogens is 2. The van der Waals surface area contributed by atoms with Gasteiger partial charge in [-0.1, -0.05) is 0 Å². The quantitative estimate of drug-likeness (QED) is 0.552. The van der Waals surface area contributed by atoms with Gasteiger partial charge < -0.3 is 9.47 Å². The average Bonchev–Trinajstić information content (AvgIpc) is 2.29. The first-order chi connectivity index (χ1) is 7.67. The highest BCUT2D eigenvalue weighted by Crippen LogP contribution is 2.09. The van der Waals surface area contributed by atoms with Crippen molar-refractivity contribution in [2.75, 3.05) is 14.2 Å². The Labute approximate surface area is 94.1 Å². The Bertz CT molecular complexity index is 385. The summed E-state index contributed by atoms with van der Waals surface area (Å²) >= 11 is 0. The fourth-order valence-corrected chi connectivity index (χ4v) is 1.15. The third kappa shape index (κ3) is 3.34. The van der Waals surface area contributed by atoms with Crippen LogP contribution < -0.4 is 4.74 Å². The van der Waals surface area contributed by atoms with Gasteiger partial charge in [0.1, 0.15) is 0 Å². The first-order valence-electron chi connectivity index (χ1n) is 4.75. The van der Waals surface area contributed by atoms with Gasteiger partial charge in [-0.15, -0.1) is 0 Å². The number of ether oxygens (including phenoxy) is 2. The topological polar surface area (TPSA) is 61.3 Å². The lowest BCUT2D eigenvalue weighted by molar-refractivity contribution is -0.113. The Morgan fingerprint density at radius 2 is 2.00 bits per heavy atom. The fraction of sp³-hybridized carbons (Fsp3) is 0.364. The number of ketones is 1. The van der Waals surface area contributed by atoms with E-state index >= 15 is 0 Å². The fourth-order valence-electron chi connectivity index (χ4n) is 1.15. The summed E-state index contributed by atoms with van der Waals surface area (Å²) in [6.07, 6.45) is 5.14. The molecule has 0 spiro atoms. The maximum Gasteiger partial charge on any atom is 0.316 e. The molecule has 0 amide bonds. The lowest BCUT2D eigenvalue weighted by Gasteiger charge is -2.03. The molecule has 0 atom stereocenters. The number of allylic oxidation sites excluding steroid dienone is 1. The molecule has 0 bridgehead atoms. The highest BCUT2D eigenvalue weighted by Gasteiger charge is 2.06. The molecular formula is C11H14N2O3. The molecular weight excluding hydrogens is 208 g/mol. The summed E-state index contributed by atoms with van der Waals surface area (Å²) in [5.41, 5.74) is 1.41. The SMILES string of the molecule is CO/C=C(/Cc1cnc(OC)nc1)C(C)=O. The van der Waals surface area contributed by atoms with Crippen molar-refractivity contribution in [2.24, 2.45) is 0 Å². The van der Waals surface area contributed by atoms with Gasteiger partial charge in [0.15, 0.2) is 5.78 Å². The number of carbonyl (C=O) groups is 1. The first kappa shape index (κ1) is 12.2. The number of nitrogens with zero attached hydrogens (tertiary/aromatic N) is 2. The third-order valence-corrected chi connectivity index (χ3v) is 1.97. The summed E-state index contributed by atoms with van der Waals surface area (Å²) in [7, 11) is 3.01. The minimum Gasteiger partial charge on any atom is -0.504 e. The molecule has 0 aliphatic carbocycles. The molecule has 5 heteroatoms. The van der Waals surface area contributed by atoms with Gasteiger partial charge in [0.25, 0.3) is 0 Å². The summed E-state index contributed by atoms with van der Waals surface area (Å²) in [5, 5.41) is 0. The zero-order valence-electron chi connectivity index (χ0n) is 9.56. The van der Waals surface area contributed by atoms with Crippen molar-refractivity contribution in [2.45, 2.75) is 13.3 Å². The molecule has 0 aromatic carbocycles. The molecule has 1 aromatic heterocycles. The zero-order valence-corrected chi connectivity index (χ0v) is 9.56. The van der Waals surface area contributed by atoms with Gasteiger partial charge in [0.2, 0.25) is 0 Å². The highest BCUT2D eigenvalue weighted by molar-refractivity contribution is 5.93. The van der Waals surface area contributed by atoms with Crippen LogP contribution in [-0.2, 0) is 16.0 Å². The lowest BCUT2D eigenvalue weighted by Crippen LogP contribution is -2.03. The molecule has 0 saturated heterocycles. The van der Waals surface area contributed by atoms with Crippen LogP contribution in [0.5, 0.6) is 6.01 Å². The second kappa shape index (κ2) is 5.85. The van der Waals surface area contributed by atoms with Crippen LogP contribution in [0.1, 0.15) is 12.5 Å². The van der Waals surface area contributed by atoms with Crippen LogP contribution in [0, 0.1) is 0 Å².